The van der Waals surface area contributed by atoms with Gasteiger partial charge in [0.1, 0.15) is 22.6 Å². The summed E-state index contributed by atoms with van der Waals surface area (Å²) in [4.78, 5) is 36.2. The Labute approximate surface area is 156 Å². The van der Waals surface area contributed by atoms with Crippen LogP contribution in [0.25, 0.3) is 0 Å². The highest BCUT2D eigenvalue weighted by atomic mass is 16.5. The zero-order valence-electron chi connectivity index (χ0n) is 15.5. The molecule has 8 heteroatoms. The largest absolute Gasteiger partial charge is 0.494 e. The van der Waals surface area contributed by atoms with Crippen molar-refractivity contribution >= 4 is 23.7 Å². The summed E-state index contributed by atoms with van der Waals surface area (Å²) in [7, 11) is 0. The van der Waals surface area contributed by atoms with Gasteiger partial charge in [0.2, 0.25) is 11.8 Å². The molecule has 1 aromatic heterocycles. The van der Waals surface area contributed by atoms with Crippen LogP contribution in [-0.4, -0.2) is 31.0 Å². The van der Waals surface area contributed by atoms with Gasteiger partial charge in [-0.15, -0.1) is 0 Å². The van der Waals surface area contributed by atoms with Crippen LogP contribution in [0.15, 0.2) is 28.7 Å². The van der Waals surface area contributed by atoms with E-state index in [4.69, 9.17) is 19.6 Å². The molecule has 0 radical (unpaired) electrons. The number of nitrogens with one attached hydrogen (secondary N) is 1. The Morgan fingerprint density at radius 1 is 1.07 bits per heavy atom. The number of benzene rings is 1. The summed E-state index contributed by atoms with van der Waals surface area (Å²) in [5.74, 6) is -1.38. The van der Waals surface area contributed by atoms with E-state index in [0.717, 1.165) is 5.56 Å². The van der Waals surface area contributed by atoms with Crippen LogP contribution in [0, 0.1) is 6.92 Å². The van der Waals surface area contributed by atoms with Crippen LogP contribution in [0.4, 0.5) is 5.88 Å². The van der Waals surface area contributed by atoms with Crippen LogP contribution in [0.5, 0.6) is 5.75 Å². The van der Waals surface area contributed by atoms with Crippen LogP contribution in [-0.2, 0) is 16.0 Å². The average molecular weight is 374 g/mol. The summed E-state index contributed by atoms with van der Waals surface area (Å²) in [6.07, 6.45) is 0.0408. The Bertz CT molecular complexity index is 839. The molecule has 0 spiro atoms. The number of nitrogens with two attached hydrogens (primary N) is 1. The van der Waals surface area contributed by atoms with Gasteiger partial charge in [0.05, 0.1) is 19.6 Å². The van der Waals surface area contributed by atoms with Crippen molar-refractivity contribution in [1.29, 1.82) is 0 Å². The topological polar surface area (TPSA) is 121 Å². The number of esters is 1. The fraction of sp³-hybridized carbons (Fsp3) is 0.316. The van der Waals surface area contributed by atoms with Gasteiger partial charge in [-0.3, -0.25) is 14.9 Å². The monoisotopic (exact) mass is 374 g/mol. The van der Waals surface area contributed by atoms with Gasteiger partial charge in [-0.2, -0.15) is 0 Å². The zero-order chi connectivity index (χ0) is 20.0. The van der Waals surface area contributed by atoms with E-state index in [1.165, 1.54) is 6.92 Å². The standard InChI is InChI=1S/C19H22N2O6/c1-4-25-13-8-6-12(7-9-13)10-14(22)21-18-16(17(20)23)15(11(3)27-18)19(24)26-5-2/h6-9H,4-5,10H2,1-3H3,(H2,20,23)(H,21,22). The third-order valence-electron chi connectivity index (χ3n) is 3.66. The highest BCUT2D eigenvalue weighted by Crippen LogP contribution is 2.27. The lowest BCUT2D eigenvalue weighted by Gasteiger charge is -2.06. The Hall–Kier alpha value is -3.29. The fourth-order valence-electron chi connectivity index (χ4n) is 2.54. The number of hydrogen-bond acceptors (Lipinski definition) is 6. The fourth-order valence-corrected chi connectivity index (χ4v) is 2.54. The number of furan rings is 1. The summed E-state index contributed by atoms with van der Waals surface area (Å²) >= 11 is 0. The van der Waals surface area contributed by atoms with Crippen LogP contribution < -0.4 is 15.8 Å². The lowest BCUT2D eigenvalue weighted by atomic mass is 10.1. The smallest absolute Gasteiger partial charge is 0.342 e. The number of primary amides is 1. The minimum Gasteiger partial charge on any atom is -0.494 e. The minimum absolute atomic E-state index is 0.0408. The molecule has 1 aromatic carbocycles. The number of carbonyl (C=O) groups is 3. The molecule has 8 nitrogen and oxygen atoms in total. The van der Waals surface area contributed by atoms with Crippen molar-refractivity contribution in [3.05, 3.63) is 46.7 Å². The van der Waals surface area contributed by atoms with Crippen molar-refractivity contribution in [3.63, 3.8) is 0 Å². The van der Waals surface area contributed by atoms with Gasteiger partial charge in [0, 0.05) is 0 Å². The second-order valence-electron chi connectivity index (χ2n) is 5.62. The first-order valence-electron chi connectivity index (χ1n) is 8.49. The molecule has 0 bridgehead atoms. The summed E-state index contributed by atoms with van der Waals surface area (Å²) in [5.41, 5.74) is 5.82. The second-order valence-corrected chi connectivity index (χ2v) is 5.62. The summed E-state index contributed by atoms with van der Waals surface area (Å²) in [6.45, 7) is 5.68. The third kappa shape index (κ3) is 4.87. The molecule has 0 aliphatic rings. The van der Waals surface area contributed by atoms with E-state index in [1.807, 2.05) is 6.92 Å². The Kier molecular flexibility index (Phi) is 6.59. The molecule has 0 aliphatic carbocycles. The van der Waals surface area contributed by atoms with E-state index < -0.39 is 17.8 Å². The highest BCUT2D eigenvalue weighted by molar-refractivity contribution is 6.10. The molecule has 0 atom stereocenters. The number of ether oxygens (including phenoxy) is 2. The van der Waals surface area contributed by atoms with Crippen molar-refractivity contribution in [2.45, 2.75) is 27.2 Å². The average Bonchev–Trinajstić information content (AvgIpc) is 2.93. The predicted octanol–water partition coefficient (Wildman–Crippen LogP) is 2.44. The molecular formula is C19H22N2O6. The number of aryl methyl sites for hydroxylation is 1. The molecule has 0 saturated carbocycles. The van der Waals surface area contributed by atoms with E-state index in [0.29, 0.717) is 12.4 Å². The molecule has 0 saturated heterocycles. The molecule has 2 amide bonds. The SMILES string of the molecule is CCOC(=O)c1c(C)oc(NC(=O)Cc2ccc(OCC)cc2)c1C(N)=O. The maximum atomic E-state index is 12.3. The zero-order valence-corrected chi connectivity index (χ0v) is 15.5. The number of carbonyl (C=O) groups excluding carboxylic acids is 3. The van der Waals surface area contributed by atoms with Crippen LogP contribution in [0.2, 0.25) is 0 Å². The van der Waals surface area contributed by atoms with E-state index in [-0.39, 0.29) is 35.8 Å². The normalized spacial score (nSPS) is 10.3. The quantitative estimate of drug-likeness (QED) is 0.685. The molecular weight excluding hydrogens is 352 g/mol. The molecule has 27 heavy (non-hydrogen) atoms. The Morgan fingerprint density at radius 2 is 1.74 bits per heavy atom. The van der Waals surface area contributed by atoms with Gasteiger partial charge in [-0.1, -0.05) is 12.1 Å². The van der Waals surface area contributed by atoms with Crippen molar-refractivity contribution in [3.8, 4) is 5.75 Å². The first-order chi connectivity index (χ1) is 12.9. The van der Waals surface area contributed by atoms with E-state index in [2.05, 4.69) is 5.32 Å². The van der Waals surface area contributed by atoms with Gasteiger partial charge in [0.15, 0.2) is 0 Å². The number of amides is 2. The van der Waals surface area contributed by atoms with Gasteiger partial charge in [-0.25, -0.2) is 4.79 Å². The summed E-state index contributed by atoms with van der Waals surface area (Å²) in [6, 6.07) is 7.04. The Balaban J connectivity index is 2.18. The van der Waals surface area contributed by atoms with E-state index >= 15 is 0 Å². The van der Waals surface area contributed by atoms with E-state index in [9.17, 15) is 14.4 Å². The molecule has 3 N–H and O–H groups in total. The molecule has 144 valence electrons. The van der Waals surface area contributed by atoms with Gasteiger partial charge in [-0.05, 0) is 38.5 Å². The minimum atomic E-state index is -0.897. The van der Waals surface area contributed by atoms with Crippen LogP contribution in [0.3, 0.4) is 0 Å². The van der Waals surface area contributed by atoms with Crippen molar-refractivity contribution in [2.75, 3.05) is 18.5 Å². The number of hydrogen-bond donors (Lipinski definition) is 2. The maximum Gasteiger partial charge on any atom is 0.342 e. The highest BCUT2D eigenvalue weighted by Gasteiger charge is 2.29. The predicted molar refractivity (Wildman–Crippen MR) is 97.9 cm³/mol. The molecule has 0 unspecified atom stereocenters. The van der Waals surface area contributed by atoms with Crippen LogP contribution >= 0.6 is 0 Å². The third-order valence-corrected chi connectivity index (χ3v) is 3.66. The first-order valence-corrected chi connectivity index (χ1v) is 8.49. The van der Waals surface area contributed by atoms with Gasteiger partial charge >= 0.3 is 5.97 Å². The lowest BCUT2D eigenvalue weighted by molar-refractivity contribution is -0.115. The molecule has 2 aromatic rings. The van der Waals surface area contributed by atoms with Gasteiger partial charge < -0.3 is 19.6 Å². The number of rotatable bonds is 8. The lowest BCUT2D eigenvalue weighted by Crippen LogP contribution is -2.21. The maximum absolute atomic E-state index is 12.3. The second kappa shape index (κ2) is 8.88. The number of anilines is 1. The molecule has 1 heterocycles. The summed E-state index contributed by atoms with van der Waals surface area (Å²) < 4.78 is 15.6. The Morgan fingerprint density at radius 3 is 2.30 bits per heavy atom. The molecule has 2 rings (SSSR count). The van der Waals surface area contributed by atoms with E-state index in [1.54, 1.807) is 31.2 Å². The van der Waals surface area contributed by atoms with Crippen molar-refractivity contribution in [1.82, 2.24) is 0 Å². The first kappa shape index (κ1) is 20.0. The van der Waals surface area contributed by atoms with Crippen LogP contribution in [0.1, 0.15) is 45.9 Å². The summed E-state index contributed by atoms with van der Waals surface area (Å²) in [5, 5.41) is 2.49. The van der Waals surface area contributed by atoms with Crippen molar-refractivity contribution in [2.24, 2.45) is 5.73 Å². The van der Waals surface area contributed by atoms with Gasteiger partial charge in [0.25, 0.3) is 5.91 Å². The molecule has 0 fully saturated rings. The molecule has 0 aliphatic heterocycles. The van der Waals surface area contributed by atoms with Crippen molar-refractivity contribution < 1.29 is 28.3 Å².